The van der Waals surface area contributed by atoms with E-state index in [1.807, 2.05) is 43.3 Å². The highest BCUT2D eigenvalue weighted by Crippen LogP contribution is 2.34. The molecule has 0 saturated heterocycles. The highest BCUT2D eigenvalue weighted by atomic mass is 35.5. The molecule has 0 fully saturated rings. The Bertz CT molecular complexity index is 640. The first kappa shape index (κ1) is 16.4. The van der Waals surface area contributed by atoms with E-state index < -0.39 is 0 Å². The molecular formula is C18H20ClNO2. The van der Waals surface area contributed by atoms with Crippen LogP contribution in [0, 0.1) is 5.92 Å². The first-order chi connectivity index (χ1) is 10.5. The van der Waals surface area contributed by atoms with Crippen molar-refractivity contribution in [2.75, 3.05) is 11.9 Å². The summed E-state index contributed by atoms with van der Waals surface area (Å²) in [4.78, 5) is 0. The van der Waals surface area contributed by atoms with Crippen molar-refractivity contribution in [3.63, 3.8) is 0 Å². The number of para-hydroxylation sites is 2. The summed E-state index contributed by atoms with van der Waals surface area (Å²) in [5, 5.41) is 23.3. The Morgan fingerprint density at radius 1 is 1.18 bits per heavy atom. The molecule has 0 radical (unpaired) electrons. The minimum atomic E-state index is -0.134. The Hall–Kier alpha value is -1.97. The topological polar surface area (TPSA) is 52.5 Å². The number of aromatic hydroxyl groups is 1. The van der Waals surface area contributed by atoms with Crippen LogP contribution in [-0.2, 0) is 0 Å². The molecule has 0 amide bonds. The summed E-state index contributed by atoms with van der Waals surface area (Å²) in [7, 11) is 0. The summed E-state index contributed by atoms with van der Waals surface area (Å²) >= 11 is 5.95. The third-order valence-corrected chi connectivity index (χ3v) is 4.04. The molecule has 116 valence electrons. The lowest BCUT2D eigenvalue weighted by Gasteiger charge is -2.28. The number of phenolic OH excluding ortho intramolecular Hbond substituents is 1. The van der Waals surface area contributed by atoms with Gasteiger partial charge in [-0.2, -0.15) is 0 Å². The van der Waals surface area contributed by atoms with E-state index in [0.717, 1.165) is 11.1 Å². The SMILES string of the molecule is C=C(CO)[C@@H](C)[C@H](Nc1ccccc1O)c1ccc(Cl)cc1. The highest BCUT2D eigenvalue weighted by molar-refractivity contribution is 6.30. The van der Waals surface area contributed by atoms with Crippen molar-refractivity contribution in [1.29, 1.82) is 0 Å². The molecule has 0 spiro atoms. The van der Waals surface area contributed by atoms with E-state index in [4.69, 9.17) is 11.6 Å². The third kappa shape index (κ3) is 3.81. The molecule has 3 N–H and O–H groups in total. The second kappa shape index (κ2) is 7.34. The van der Waals surface area contributed by atoms with Crippen LogP contribution >= 0.6 is 11.6 Å². The van der Waals surface area contributed by atoms with Gasteiger partial charge >= 0.3 is 0 Å². The summed E-state index contributed by atoms with van der Waals surface area (Å²) in [5.41, 5.74) is 2.37. The molecule has 4 heteroatoms. The molecule has 0 saturated carbocycles. The van der Waals surface area contributed by atoms with Gasteiger partial charge in [-0.15, -0.1) is 0 Å². The van der Waals surface area contributed by atoms with Gasteiger partial charge in [-0.25, -0.2) is 0 Å². The van der Waals surface area contributed by atoms with Crippen molar-refractivity contribution < 1.29 is 10.2 Å². The Kier molecular flexibility index (Phi) is 5.47. The summed E-state index contributed by atoms with van der Waals surface area (Å²) in [6, 6.07) is 14.4. The molecule has 22 heavy (non-hydrogen) atoms. The zero-order valence-corrected chi connectivity index (χ0v) is 13.2. The summed E-state index contributed by atoms with van der Waals surface area (Å²) in [5.74, 6) is 0.161. The zero-order valence-electron chi connectivity index (χ0n) is 12.5. The quantitative estimate of drug-likeness (QED) is 0.547. The van der Waals surface area contributed by atoms with Crippen molar-refractivity contribution >= 4 is 17.3 Å². The monoisotopic (exact) mass is 317 g/mol. The molecule has 0 unspecified atom stereocenters. The van der Waals surface area contributed by atoms with Gasteiger partial charge in [-0.3, -0.25) is 0 Å². The fraction of sp³-hybridized carbons (Fsp3) is 0.222. The van der Waals surface area contributed by atoms with Gasteiger partial charge in [0.2, 0.25) is 0 Å². The largest absolute Gasteiger partial charge is 0.506 e. The molecule has 2 atom stereocenters. The van der Waals surface area contributed by atoms with Crippen LogP contribution < -0.4 is 5.32 Å². The van der Waals surface area contributed by atoms with Gasteiger partial charge in [0.1, 0.15) is 5.75 Å². The minimum Gasteiger partial charge on any atom is -0.506 e. The van der Waals surface area contributed by atoms with Gasteiger partial charge in [-0.1, -0.05) is 49.4 Å². The number of aliphatic hydroxyl groups excluding tert-OH is 1. The Balaban J connectivity index is 2.35. The second-order valence-electron chi connectivity index (χ2n) is 5.30. The lowest BCUT2D eigenvalue weighted by molar-refractivity contribution is 0.312. The van der Waals surface area contributed by atoms with Crippen molar-refractivity contribution in [2.24, 2.45) is 5.92 Å². The van der Waals surface area contributed by atoms with E-state index in [2.05, 4.69) is 11.9 Å². The molecule has 0 heterocycles. The first-order valence-electron chi connectivity index (χ1n) is 7.11. The molecule has 0 aromatic heterocycles. The first-order valence-corrected chi connectivity index (χ1v) is 7.49. The summed E-state index contributed by atoms with van der Waals surface area (Å²) in [6.07, 6.45) is 0. The van der Waals surface area contributed by atoms with E-state index in [1.54, 1.807) is 12.1 Å². The van der Waals surface area contributed by atoms with Gasteiger partial charge in [-0.05, 0) is 35.4 Å². The smallest absolute Gasteiger partial charge is 0.138 e. The number of hydrogen-bond acceptors (Lipinski definition) is 3. The molecular weight excluding hydrogens is 298 g/mol. The van der Waals surface area contributed by atoms with Crippen LogP contribution in [0.3, 0.4) is 0 Å². The summed E-state index contributed by atoms with van der Waals surface area (Å²) < 4.78 is 0. The Morgan fingerprint density at radius 2 is 1.82 bits per heavy atom. The number of phenols is 1. The van der Waals surface area contributed by atoms with E-state index in [9.17, 15) is 10.2 Å². The zero-order chi connectivity index (χ0) is 16.1. The van der Waals surface area contributed by atoms with Crippen LogP contribution in [-0.4, -0.2) is 16.8 Å². The van der Waals surface area contributed by atoms with Crippen LogP contribution in [0.4, 0.5) is 5.69 Å². The normalized spacial score (nSPS) is 13.4. The van der Waals surface area contributed by atoms with Gasteiger partial charge in [0.05, 0.1) is 18.3 Å². The minimum absolute atomic E-state index is 0.0224. The van der Waals surface area contributed by atoms with Gasteiger partial charge < -0.3 is 15.5 Å². The van der Waals surface area contributed by atoms with Crippen LogP contribution in [0.2, 0.25) is 5.02 Å². The maximum atomic E-state index is 9.97. The maximum Gasteiger partial charge on any atom is 0.138 e. The average molecular weight is 318 g/mol. The molecule has 2 aromatic carbocycles. The van der Waals surface area contributed by atoms with Crippen molar-refractivity contribution in [2.45, 2.75) is 13.0 Å². The van der Waals surface area contributed by atoms with Crippen molar-refractivity contribution in [1.82, 2.24) is 0 Å². The number of anilines is 1. The van der Waals surface area contributed by atoms with Crippen LogP contribution in [0.25, 0.3) is 0 Å². The number of rotatable bonds is 6. The van der Waals surface area contributed by atoms with E-state index in [1.165, 1.54) is 0 Å². The Morgan fingerprint density at radius 3 is 2.41 bits per heavy atom. The van der Waals surface area contributed by atoms with Crippen LogP contribution in [0.1, 0.15) is 18.5 Å². The summed E-state index contributed by atoms with van der Waals surface area (Å²) in [6.45, 7) is 5.84. The van der Waals surface area contributed by atoms with Crippen molar-refractivity contribution in [3.8, 4) is 5.75 Å². The predicted molar refractivity (Wildman–Crippen MR) is 91.3 cm³/mol. The van der Waals surface area contributed by atoms with Gasteiger partial charge in [0, 0.05) is 10.9 Å². The fourth-order valence-electron chi connectivity index (χ4n) is 2.31. The molecule has 0 aliphatic carbocycles. The standard InChI is InChI=1S/C18H20ClNO2/c1-12(11-21)13(2)18(14-7-9-15(19)10-8-14)20-16-5-3-4-6-17(16)22/h3-10,13,18,20-22H,1,11H2,2H3/t13-,18+/m1/s1. The average Bonchev–Trinajstić information content (AvgIpc) is 2.54. The van der Waals surface area contributed by atoms with Gasteiger partial charge in [0.25, 0.3) is 0 Å². The predicted octanol–water partition coefficient (Wildman–Crippen LogP) is 4.38. The van der Waals surface area contributed by atoms with Crippen LogP contribution in [0.15, 0.2) is 60.7 Å². The number of nitrogens with one attached hydrogen (secondary N) is 1. The number of aliphatic hydroxyl groups is 1. The number of hydrogen-bond donors (Lipinski definition) is 3. The molecule has 0 bridgehead atoms. The molecule has 0 aliphatic rings. The van der Waals surface area contributed by atoms with Crippen LogP contribution in [0.5, 0.6) is 5.75 Å². The second-order valence-corrected chi connectivity index (χ2v) is 5.73. The fourth-order valence-corrected chi connectivity index (χ4v) is 2.44. The van der Waals surface area contributed by atoms with Gasteiger partial charge in [0.15, 0.2) is 0 Å². The van der Waals surface area contributed by atoms with E-state index in [-0.39, 0.29) is 24.3 Å². The third-order valence-electron chi connectivity index (χ3n) is 3.79. The highest BCUT2D eigenvalue weighted by Gasteiger charge is 2.22. The lowest BCUT2D eigenvalue weighted by atomic mass is 9.89. The van der Waals surface area contributed by atoms with Crippen molar-refractivity contribution in [3.05, 3.63) is 71.3 Å². The lowest BCUT2D eigenvalue weighted by Crippen LogP contribution is -2.21. The molecule has 0 aliphatic heterocycles. The van der Waals surface area contributed by atoms with E-state index >= 15 is 0 Å². The molecule has 2 aromatic rings. The molecule has 3 nitrogen and oxygen atoms in total. The molecule has 2 rings (SSSR count). The van der Waals surface area contributed by atoms with E-state index in [0.29, 0.717) is 10.7 Å². The Labute approximate surface area is 135 Å². The maximum absolute atomic E-state index is 9.97. The number of halogens is 1. The number of benzene rings is 2.